The molecule has 1 fully saturated rings. The molecule has 6 nitrogen and oxygen atoms in total. The monoisotopic (exact) mass is 374 g/mol. The van der Waals surface area contributed by atoms with Crippen molar-refractivity contribution in [3.63, 3.8) is 0 Å². The van der Waals surface area contributed by atoms with Crippen molar-refractivity contribution in [1.29, 1.82) is 0 Å². The summed E-state index contributed by atoms with van der Waals surface area (Å²) in [6.07, 6.45) is 6.85. The van der Waals surface area contributed by atoms with Crippen LogP contribution in [-0.4, -0.2) is 26.9 Å². The van der Waals surface area contributed by atoms with E-state index in [1.807, 2.05) is 24.3 Å². The van der Waals surface area contributed by atoms with E-state index in [1.54, 1.807) is 4.68 Å². The first kappa shape index (κ1) is 17.5. The predicted octanol–water partition coefficient (Wildman–Crippen LogP) is 3.66. The largest absolute Gasteiger partial charge is 0.365 e. The second-order valence-electron chi connectivity index (χ2n) is 7.08. The molecular formula is C19H23ClN4O2. The van der Waals surface area contributed by atoms with Gasteiger partial charge in [0, 0.05) is 11.1 Å². The van der Waals surface area contributed by atoms with Gasteiger partial charge >= 0.3 is 0 Å². The van der Waals surface area contributed by atoms with E-state index in [4.69, 9.17) is 16.3 Å². The second kappa shape index (κ2) is 7.76. The summed E-state index contributed by atoms with van der Waals surface area (Å²) in [5, 5.41) is 12.1. The number of hydrogen-bond donors (Lipinski definition) is 1. The quantitative estimate of drug-likeness (QED) is 0.832. The summed E-state index contributed by atoms with van der Waals surface area (Å²) in [5.74, 6) is -0.133. The highest BCUT2D eigenvalue weighted by atomic mass is 35.5. The van der Waals surface area contributed by atoms with Crippen LogP contribution in [0.25, 0.3) is 0 Å². The van der Waals surface area contributed by atoms with Crippen LogP contribution in [0.3, 0.4) is 0 Å². The first-order valence-corrected chi connectivity index (χ1v) is 9.69. The summed E-state index contributed by atoms with van der Waals surface area (Å²) in [6, 6.07) is 7.85. The average molecular weight is 375 g/mol. The fraction of sp³-hybridized carbons (Fsp3) is 0.526. The molecule has 138 valence electrons. The van der Waals surface area contributed by atoms with Gasteiger partial charge in [-0.3, -0.25) is 4.79 Å². The van der Waals surface area contributed by atoms with Crippen molar-refractivity contribution in [1.82, 2.24) is 20.3 Å². The molecule has 1 atom stereocenters. The third kappa shape index (κ3) is 3.76. The summed E-state index contributed by atoms with van der Waals surface area (Å²) in [7, 11) is 0. The summed E-state index contributed by atoms with van der Waals surface area (Å²) >= 11 is 5.95. The maximum atomic E-state index is 12.7. The van der Waals surface area contributed by atoms with Gasteiger partial charge in [-0.1, -0.05) is 54.6 Å². The summed E-state index contributed by atoms with van der Waals surface area (Å²) in [6.45, 7) is 0.869. The Bertz CT molecular complexity index is 766. The van der Waals surface area contributed by atoms with E-state index in [1.165, 1.54) is 25.7 Å². The van der Waals surface area contributed by atoms with Crippen molar-refractivity contribution >= 4 is 17.5 Å². The van der Waals surface area contributed by atoms with Crippen LogP contribution < -0.4 is 5.32 Å². The topological polar surface area (TPSA) is 69.0 Å². The number of nitrogens with zero attached hydrogens (tertiary/aromatic N) is 3. The lowest BCUT2D eigenvalue weighted by atomic mass is 10.1. The normalized spacial score (nSPS) is 21.0. The lowest BCUT2D eigenvalue weighted by Gasteiger charge is -2.24. The molecule has 2 aliphatic rings. The molecule has 0 saturated heterocycles. The zero-order chi connectivity index (χ0) is 17.9. The Balaban J connectivity index is 1.45. The molecular weight excluding hydrogens is 352 g/mol. The Morgan fingerprint density at radius 2 is 1.88 bits per heavy atom. The second-order valence-corrected chi connectivity index (χ2v) is 7.52. The minimum Gasteiger partial charge on any atom is -0.365 e. The van der Waals surface area contributed by atoms with Crippen molar-refractivity contribution in [3.8, 4) is 0 Å². The number of nitrogens with one attached hydrogen (secondary N) is 1. The van der Waals surface area contributed by atoms with Gasteiger partial charge in [0.2, 0.25) is 0 Å². The number of fused-ring (bicyclic) bond motifs is 1. The minimum atomic E-state index is -0.133. The van der Waals surface area contributed by atoms with Gasteiger partial charge in [0.15, 0.2) is 5.69 Å². The van der Waals surface area contributed by atoms with Gasteiger partial charge in [0.05, 0.1) is 18.8 Å². The molecule has 0 spiro atoms. The van der Waals surface area contributed by atoms with Crippen LogP contribution in [0.5, 0.6) is 0 Å². The van der Waals surface area contributed by atoms with E-state index in [-0.39, 0.29) is 18.1 Å². The molecule has 1 unspecified atom stereocenters. The molecule has 0 radical (unpaired) electrons. The van der Waals surface area contributed by atoms with Crippen molar-refractivity contribution in [2.45, 2.75) is 63.8 Å². The molecule has 0 bridgehead atoms. The van der Waals surface area contributed by atoms with E-state index in [2.05, 4.69) is 15.6 Å². The third-order valence-electron chi connectivity index (χ3n) is 5.24. The van der Waals surface area contributed by atoms with E-state index in [0.717, 1.165) is 24.1 Å². The number of benzene rings is 1. The third-order valence-corrected chi connectivity index (χ3v) is 5.50. The fourth-order valence-corrected chi connectivity index (χ4v) is 3.87. The number of rotatable bonds is 3. The van der Waals surface area contributed by atoms with Gasteiger partial charge < -0.3 is 10.1 Å². The number of halogens is 1. The fourth-order valence-electron chi connectivity index (χ4n) is 3.74. The van der Waals surface area contributed by atoms with Crippen molar-refractivity contribution < 1.29 is 9.53 Å². The Morgan fingerprint density at radius 3 is 2.62 bits per heavy atom. The molecule has 1 aromatic heterocycles. The zero-order valence-corrected chi connectivity index (χ0v) is 15.4. The standard InChI is InChI=1S/C19H23ClN4O2/c20-14-9-7-13(8-10-14)17-11-24-16(12-26-17)18(22-23-24)19(25)21-15-5-3-1-2-4-6-15/h7-10,15,17H,1-6,11-12H2,(H,21,25). The zero-order valence-electron chi connectivity index (χ0n) is 14.7. The Morgan fingerprint density at radius 1 is 1.15 bits per heavy atom. The van der Waals surface area contributed by atoms with Crippen LogP contribution in [0, 0.1) is 0 Å². The molecule has 1 aliphatic heterocycles. The highest BCUT2D eigenvalue weighted by molar-refractivity contribution is 6.30. The highest BCUT2D eigenvalue weighted by Crippen LogP contribution is 2.28. The van der Waals surface area contributed by atoms with Crippen molar-refractivity contribution in [2.75, 3.05) is 0 Å². The number of ether oxygens (including phenoxy) is 1. The summed E-state index contributed by atoms with van der Waals surface area (Å²) in [5.41, 5.74) is 2.19. The lowest BCUT2D eigenvalue weighted by Crippen LogP contribution is -2.35. The predicted molar refractivity (Wildman–Crippen MR) is 98.0 cm³/mol. The molecule has 26 heavy (non-hydrogen) atoms. The molecule has 1 aromatic carbocycles. The molecule has 7 heteroatoms. The van der Waals surface area contributed by atoms with Crippen LogP contribution in [-0.2, 0) is 17.9 Å². The smallest absolute Gasteiger partial charge is 0.274 e. The average Bonchev–Trinajstić information content (AvgIpc) is 2.91. The van der Waals surface area contributed by atoms with Gasteiger partial charge in [0.25, 0.3) is 5.91 Å². The van der Waals surface area contributed by atoms with Crippen molar-refractivity contribution in [3.05, 3.63) is 46.2 Å². The number of amides is 1. The van der Waals surface area contributed by atoms with E-state index in [9.17, 15) is 4.79 Å². The summed E-state index contributed by atoms with van der Waals surface area (Å²) in [4.78, 5) is 12.7. The molecule has 1 saturated carbocycles. The SMILES string of the molecule is O=C(NC1CCCCCC1)c1nnn2c1COC(c1ccc(Cl)cc1)C2. The Hall–Kier alpha value is -1.92. The first-order valence-electron chi connectivity index (χ1n) is 9.31. The molecule has 4 rings (SSSR count). The number of carbonyl (C=O) groups excluding carboxylic acids is 1. The van der Waals surface area contributed by atoms with Crippen LogP contribution in [0.4, 0.5) is 0 Å². The van der Waals surface area contributed by atoms with Crippen LogP contribution in [0.1, 0.15) is 66.4 Å². The lowest BCUT2D eigenvalue weighted by molar-refractivity contribution is -0.00178. The molecule has 2 aromatic rings. The van der Waals surface area contributed by atoms with Gasteiger partial charge in [-0.15, -0.1) is 5.10 Å². The molecule has 2 heterocycles. The van der Waals surface area contributed by atoms with Gasteiger partial charge in [-0.2, -0.15) is 0 Å². The van der Waals surface area contributed by atoms with Crippen LogP contribution >= 0.6 is 11.6 Å². The number of aromatic nitrogens is 3. The van der Waals surface area contributed by atoms with E-state index >= 15 is 0 Å². The Kier molecular flexibility index (Phi) is 5.22. The highest BCUT2D eigenvalue weighted by Gasteiger charge is 2.28. The number of hydrogen-bond acceptors (Lipinski definition) is 4. The maximum absolute atomic E-state index is 12.7. The van der Waals surface area contributed by atoms with Crippen LogP contribution in [0.15, 0.2) is 24.3 Å². The van der Waals surface area contributed by atoms with E-state index in [0.29, 0.717) is 23.9 Å². The summed E-state index contributed by atoms with van der Waals surface area (Å²) < 4.78 is 7.75. The Labute approximate surface area is 157 Å². The van der Waals surface area contributed by atoms with Gasteiger partial charge in [-0.05, 0) is 30.5 Å². The van der Waals surface area contributed by atoms with Crippen molar-refractivity contribution in [2.24, 2.45) is 0 Å². The van der Waals surface area contributed by atoms with Gasteiger partial charge in [0.1, 0.15) is 6.10 Å². The molecule has 1 amide bonds. The number of carbonyl (C=O) groups is 1. The van der Waals surface area contributed by atoms with Crippen LogP contribution in [0.2, 0.25) is 5.02 Å². The first-order chi connectivity index (χ1) is 12.7. The molecule has 1 N–H and O–H groups in total. The molecule has 1 aliphatic carbocycles. The van der Waals surface area contributed by atoms with Gasteiger partial charge in [-0.25, -0.2) is 4.68 Å². The minimum absolute atomic E-state index is 0.112. The van der Waals surface area contributed by atoms with E-state index < -0.39 is 0 Å². The maximum Gasteiger partial charge on any atom is 0.274 e.